The molecule has 0 unspecified atom stereocenters. The Bertz CT molecular complexity index is 879. The van der Waals surface area contributed by atoms with Gasteiger partial charge in [-0.1, -0.05) is 18.2 Å². The third kappa shape index (κ3) is 2.49. The fourth-order valence-electron chi connectivity index (χ4n) is 4.32. The number of rotatable bonds is 4. The number of anilines is 1. The number of hydrogen-bond acceptors (Lipinski definition) is 5. The van der Waals surface area contributed by atoms with E-state index in [1.807, 2.05) is 6.07 Å². The summed E-state index contributed by atoms with van der Waals surface area (Å²) in [4.78, 5) is 40.5. The number of nitrogens with zero attached hydrogens (tertiary/aromatic N) is 1. The van der Waals surface area contributed by atoms with Crippen molar-refractivity contribution < 1.29 is 28.9 Å². The largest absolute Gasteiger partial charge is 0.463 e. The number of nitrogens with two attached hydrogens (primary N) is 1. The van der Waals surface area contributed by atoms with Crippen LogP contribution in [0.3, 0.4) is 0 Å². The molecule has 27 heavy (non-hydrogen) atoms. The van der Waals surface area contributed by atoms with Gasteiger partial charge in [-0.25, -0.2) is 9.69 Å². The Morgan fingerprint density at radius 2 is 1.93 bits per heavy atom. The van der Waals surface area contributed by atoms with Crippen LogP contribution >= 0.6 is 0 Å². The van der Waals surface area contributed by atoms with E-state index in [9.17, 15) is 14.4 Å². The number of carbonyl (C=O) groups is 3. The van der Waals surface area contributed by atoms with Crippen LogP contribution in [0.15, 0.2) is 53.1 Å². The van der Waals surface area contributed by atoms with Gasteiger partial charge in [0.2, 0.25) is 17.4 Å². The number of ether oxygens (including phenoxy) is 1. The highest BCUT2D eigenvalue weighted by Crippen LogP contribution is 2.45. The van der Waals surface area contributed by atoms with Gasteiger partial charge in [0.15, 0.2) is 11.8 Å². The number of esters is 1. The lowest BCUT2D eigenvalue weighted by atomic mass is 9.81. The molecule has 3 heterocycles. The van der Waals surface area contributed by atoms with E-state index in [2.05, 4.69) is 0 Å². The number of fused-ring (bicyclic) bond motifs is 1. The molecule has 140 valence electrons. The van der Waals surface area contributed by atoms with Crippen molar-refractivity contribution in [1.29, 1.82) is 0 Å². The van der Waals surface area contributed by atoms with Crippen molar-refractivity contribution >= 4 is 23.5 Å². The molecule has 4 atom stereocenters. The predicted octanol–water partition coefficient (Wildman–Crippen LogP) is 1.03. The van der Waals surface area contributed by atoms with Crippen molar-refractivity contribution in [2.75, 3.05) is 11.5 Å². The first kappa shape index (κ1) is 17.5. The smallest absolute Gasteiger partial charge is 0.368 e. The van der Waals surface area contributed by atoms with Gasteiger partial charge < -0.3 is 14.5 Å². The molecule has 0 bridgehead atoms. The van der Waals surface area contributed by atoms with Crippen LogP contribution in [0.4, 0.5) is 5.69 Å². The summed E-state index contributed by atoms with van der Waals surface area (Å²) >= 11 is 0. The lowest BCUT2D eigenvalue weighted by Crippen LogP contribution is -2.97. The SMILES string of the molecule is CCOC(=O)[C@]1(C)[NH2+][C@@H](c2ccco2)[C@H]2C(=O)N(c3ccccc3)C(=O)[C@@H]21. The molecule has 2 aliphatic rings. The number of benzene rings is 1. The van der Waals surface area contributed by atoms with Crippen LogP contribution in [-0.4, -0.2) is 29.9 Å². The third-order valence-electron chi connectivity index (χ3n) is 5.51. The Morgan fingerprint density at radius 1 is 1.19 bits per heavy atom. The van der Waals surface area contributed by atoms with Crippen LogP contribution in [0.1, 0.15) is 25.6 Å². The Morgan fingerprint density at radius 3 is 2.56 bits per heavy atom. The summed E-state index contributed by atoms with van der Waals surface area (Å²) in [7, 11) is 0. The normalized spacial score (nSPS) is 29.9. The molecule has 1 aromatic heterocycles. The minimum absolute atomic E-state index is 0.204. The molecular formula is C20H21N2O5+. The standard InChI is InChI=1S/C20H20N2O5/c1-3-26-19(25)20(2)15-14(16(21-20)13-10-7-11-27-13)17(23)22(18(15)24)12-8-5-4-6-9-12/h4-11,14-16,21H,3H2,1-2H3/p+1/t14-,15+,16-,20+/m0/s1. The molecule has 7 nitrogen and oxygen atoms in total. The van der Waals surface area contributed by atoms with Gasteiger partial charge in [-0.15, -0.1) is 0 Å². The van der Waals surface area contributed by atoms with E-state index >= 15 is 0 Å². The van der Waals surface area contributed by atoms with Crippen LogP contribution in [0, 0.1) is 11.8 Å². The first-order valence-electron chi connectivity index (χ1n) is 8.98. The van der Waals surface area contributed by atoms with E-state index in [1.54, 1.807) is 55.6 Å². The second-order valence-electron chi connectivity index (χ2n) is 7.06. The molecule has 2 aromatic rings. The first-order chi connectivity index (χ1) is 13.0. The molecule has 0 saturated carbocycles. The highest BCUT2D eigenvalue weighted by atomic mass is 16.5. The van der Waals surface area contributed by atoms with Gasteiger partial charge in [-0.05, 0) is 31.2 Å². The van der Waals surface area contributed by atoms with Crippen molar-refractivity contribution in [1.82, 2.24) is 0 Å². The van der Waals surface area contributed by atoms with Gasteiger partial charge in [0.1, 0.15) is 11.8 Å². The van der Waals surface area contributed by atoms with Crippen molar-refractivity contribution in [2.45, 2.75) is 25.4 Å². The van der Waals surface area contributed by atoms with E-state index in [0.29, 0.717) is 11.4 Å². The number of quaternary nitrogens is 1. The Hall–Kier alpha value is -2.93. The van der Waals surface area contributed by atoms with Crippen LogP contribution in [0.2, 0.25) is 0 Å². The molecular weight excluding hydrogens is 348 g/mol. The van der Waals surface area contributed by atoms with E-state index in [0.717, 1.165) is 0 Å². The summed E-state index contributed by atoms with van der Waals surface area (Å²) in [5.41, 5.74) is -0.694. The second-order valence-corrected chi connectivity index (χ2v) is 7.06. The molecule has 2 N–H and O–H groups in total. The van der Waals surface area contributed by atoms with E-state index in [4.69, 9.17) is 9.15 Å². The summed E-state index contributed by atoms with van der Waals surface area (Å²) < 4.78 is 10.8. The Labute approximate surface area is 156 Å². The summed E-state index contributed by atoms with van der Waals surface area (Å²) in [6.45, 7) is 3.59. The zero-order valence-corrected chi connectivity index (χ0v) is 15.1. The average molecular weight is 369 g/mol. The molecule has 2 aliphatic heterocycles. The highest BCUT2D eigenvalue weighted by Gasteiger charge is 2.71. The maximum Gasteiger partial charge on any atom is 0.368 e. The number of hydrogen-bond donors (Lipinski definition) is 1. The Kier molecular flexibility index (Phi) is 4.11. The zero-order valence-electron chi connectivity index (χ0n) is 15.1. The second kappa shape index (κ2) is 6.35. The summed E-state index contributed by atoms with van der Waals surface area (Å²) in [5.74, 6) is -2.14. The third-order valence-corrected chi connectivity index (χ3v) is 5.51. The highest BCUT2D eigenvalue weighted by molar-refractivity contribution is 6.23. The fourth-order valence-corrected chi connectivity index (χ4v) is 4.32. The Balaban J connectivity index is 1.81. The van der Waals surface area contributed by atoms with Crippen molar-refractivity contribution in [3.8, 4) is 0 Å². The quantitative estimate of drug-likeness (QED) is 0.642. The van der Waals surface area contributed by atoms with Gasteiger partial charge in [-0.3, -0.25) is 9.59 Å². The fraction of sp³-hybridized carbons (Fsp3) is 0.350. The van der Waals surface area contributed by atoms with Crippen molar-refractivity contribution in [3.05, 3.63) is 54.5 Å². The van der Waals surface area contributed by atoms with Crippen molar-refractivity contribution in [2.24, 2.45) is 11.8 Å². The number of para-hydroxylation sites is 1. The summed E-state index contributed by atoms with van der Waals surface area (Å²) in [6, 6.07) is 11.8. The van der Waals surface area contributed by atoms with E-state index < -0.39 is 29.4 Å². The average Bonchev–Trinajstić information content (AvgIpc) is 3.34. The molecule has 2 amide bonds. The lowest BCUT2D eigenvalue weighted by Gasteiger charge is -2.25. The molecule has 0 radical (unpaired) electrons. The van der Waals surface area contributed by atoms with Gasteiger partial charge in [0.25, 0.3) is 0 Å². The monoisotopic (exact) mass is 369 g/mol. The number of imide groups is 1. The van der Waals surface area contributed by atoms with Gasteiger partial charge >= 0.3 is 5.97 Å². The maximum atomic E-state index is 13.3. The first-order valence-corrected chi connectivity index (χ1v) is 8.98. The molecule has 1 aromatic carbocycles. The molecule has 0 aliphatic carbocycles. The lowest BCUT2D eigenvalue weighted by molar-refractivity contribution is -0.732. The van der Waals surface area contributed by atoms with Gasteiger partial charge in [0, 0.05) is 6.92 Å². The molecule has 0 spiro atoms. The molecule has 2 saturated heterocycles. The van der Waals surface area contributed by atoms with Crippen LogP contribution in [-0.2, 0) is 19.1 Å². The molecule has 7 heteroatoms. The topological polar surface area (TPSA) is 93.4 Å². The summed E-state index contributed by atoms with van der Waals surface area (Å²) in [6.07, 6.45) is 1.52. The van der Waals surface area contributed by atoms with Gasteiger partial charge in [-0.2, -0.15) is 0 Å². The predicted molar refractivity (Wildman–Crippen MR) is 94.3 cm³/mol. The van der Waals surface area contributed by atoms with Gasteiger partial charge in [0.05, 0.1) is 18.6 Å². The van der Waals surface area contributed by atoms with Crippen LogP contribution in [0.5, 0.6) is 0 Å². The number of carbonyl (C=O) groups excluding carboxylic acids is 3. The number of amides is 2. The van der Waals surface area contributed by atoms with Crippen LogP contribution in [0.25, 0.3) is 0 Å². The minimum atomic E-state index is -1.20. The molecule has 2 fully saturated rings. The summed E-state index contributed by atoms with van der Waals surface area (Å²) in [5, 5.41) is 1.75. The minimum Gasteiger partial charge on any atom is -0.463 e. The molecule has 4 rings (SSSR count). The number of furan rings is 1. The van der Waals surface area contributed by atoms with Crippen molar-refractivity contribution in [3.63, 3.8) is 0 Å². The maximum absolute atomic E-state index is 13.3. The van der Waals surface area contributed by atoms with E-state index in [-0.39, 0.29) is 18.4 Å². The van der Waals surface area contributed by atoms with E-state index in [1.165, 1.54) is 11.2 Å². The zero-order chi connectivity index (χ0) is 19.2. The van der Waals surface area contributed by atoms with Crippen LogP contribution < -0.4 is 10.2 Å².